The first-order valence-corrected chi connectivity index (χ1v) is 5.53. The fourth-order valence-corrected chi connectivity index (χ4v) is 2.99. The fourth-order valence-electron chi connectivity index (χ4n) is 2.99. The average molecular weight is 213 g/mol. The zero-order valence-corrected chi connectivity index (χ0v) is 8.76. The minimum absolute atomic E-state index is 0.00144. The maximum absolute atomic E-state index is 12.1. The highest BCUT2D eigenvalue weighted by molar-refractivity contribution is 6.06. The highest BCUT2D eigenvalue weighted by atomic mass is 16.1. The van der Waals surface area contributed by atoms with E-state index < -0.39 is 6.04 Å². The van der Waals surface area contributed by atoms with Crippen LogP contribution in [0, 0.1) is 0 Å². The highest BCUT2D eigenvalue weighted by Gasteiger charge is 2.41. The number of hydrogen-bond donors (Lipinski definition) is 0. The van der Waals surface area contributed by atoms with Gasteiger partial charge in [-0.05, 0) is 35.9 Å². The van der Waals surface area contributed by atoms with Crippen LogP contribution in [0.15, 0.2) is 23.3 Å². The summed E-state index contributed by atoms with van der Waals surface area (Å²) in [6.07, 6.45) is 3.07. The Balaban J connectivity index is 2.21. The molecule has 0 N–H and O–H groups in total. The van der Waals surface area contributed by atoms with Gasteiger partial charge in [-0.3, -0.25) is 4.79 Å². The zero-order valence-electron chi connectivity index (χ0n) is 8.76. The summed E-state index contributed by atoms with van der Waals surface area (Å²) in [4.78, 5) is 14.9. The van der Waals surface area contributed by atoms with Crippen molar-refractivity contribution in [2.24, 2.45) is 5.11 Å². The van der Waals surface area contributed by atoms with Crippen molar-refractivity contribution in [3.05, 3.63) is 45.3 Å². The fraction of sp³-hybridized carbons (Fsp3) is 0.417. The van der Waals surface area contributed by atoms with Crippen molar-refractivity contribution < 1.29 is 4.79 Å². The lowest BCUT2D eigenvalue weighted by Crippen LogP contribution is -2.19. The molecule has 1 aromatic rings. The predicted octanol–water partition coefficient (Wildman–Crippen LogP) is 2.98. The van der Waals surface area contributed by atoms with Crippen molar-refractivity contribution in [1.82, 2.24) is 0 Å². The smallest absolute Gasteiger partial charge is 0.172 e. The number of ketones is 1. The molecule has 0 spiro atoms. The van der Waals surface area contributed by atoms with E-state index in [0.29, 0.717) is 0 Å². The molecular weight excluding hydrogens is 202 g/mol. The number of hydrogen-bond acceptors (Lipinski definition) is 2. The van der Waals surface area contributed by atoms with Crippen LogP contribution in [0.3, 0.4) is 0 Å². The van der Waals surface area contributed by atoms with E-state index in [-0.39, 0.29) is 11.7 Å². The lowest BCUT2D eigenvalue weighted by atomic mass is 9.83. The van der Waals surface area contributed by atoms with Gasteiger partial charge in [-0.1, -0.05) is 23.3 Å². The molecule has 0 saturated carbocycles. The number of benzene rings is 1. The van der Waals surface area contributed by atoms with Gasteiger partial charge in [-0.15, -0.1) is 0 Å². The lowest BCUT2D eigenvalue weighted by molar-refractivity contribution is 0.0965. The zero-order chi connectivity index (χ0) is 11.1. The number of carbonyl (C=O) groups is 1. The molecule has 2 aliphatic rings. The number of azide groups is 1. The molecule has 3 rings (SSSR count). The molecule has 2 atom stereocenters. The number of rotatable bonds is 1. The number of carbonyl (C=O) groups excluding carboxylic acids is 1. The van der Waals surface area contributed by atoms with E-state index in [9.17, 15) is 4.79 Å². The molecule has 0 amide bonds. The molecule has 4 nitrogen and oxygen atoms in total. The van der Waals surface area contributed by atoms with Gasteiger partial charge in [0, 0.05) is 16.4 Å². The van der Waals surface area contributed by atoms with Gasteiger partial charge >= 0.3 is 0 Å². The molecule has 1 aromatic carbocycles. The molecule has 0 bridgehead atoms. The summed E-state index contributed by atoms with van der Waals surface area (Å²) in [7, 11) is 0. The van der Waals surface area contributed by atoms with Gasteiger partial charge in [0.1, 0.15) is 6.04 Å². The normalized spacial score (nSPS) is 26.1. The van der Waals surface area contributed by atoms with Crippen molar-refractivity contribution in [2.75, 3.05) is 0 Å². The third-order valence-corrected chi connectivity index (χ3v) is 3.62. The summed E-state index contributed by atoms with van der Waals surface area (Å²) in [5.74, 6) is 0.130. The van der Waals surface area contributed by atoms with Crippen LogP contribution in [0.4, 0.5) is 0 Å². The Morgan fingerprint density at radius 2 is 2.31 bits per heavy atom. The molecule has 0 heterocycles. The Bertz CT molecular complexity index is 517. The lowest BCUT2D eigenvalue weighted by Gasteiger charge is -2.22. The Morgan fingerprint density at radius 1 is 1.44 bits per heavy atom. The second-order valence-electron chi connectivity index (χ2n) is 4.39. The van der Waals surface area contributed by atoms with Crippen molar-refractivity contribution in [1.29, 1.82) is 0 Å². The number of aryl methyl sites for hydroxylation is 1. The average Bonchev–Trinajstić information content (AvgIpc) is 2.58. The van der Waals surface area contributed by atoms with Crippen LogP contribution in [0.25, 0.3) is 10.4 Å². The van der Waals surface area contributed by atoms with Crippen LogP contribution in [0.2, 0.25) is 0 Å². The van der Waals surface area contributed by atoms with E-state index >= 15 is 0 Å². The molecule has 2 aliphatic carbocycles. The van der Waals surface area contributed by atoms with Gasteiger partial charge < -0.3 is 0 Å². The van der Waals surface area contributed by atoms with Crippen LogP contribution in [-0.2, 0) is 6.42 Å². The van der Waals surface area contributed by atoms with Gasteiger partial charge in [0.2, 0.25) is 0 Å². The maximum Gasteiger partial charge on any atom is 0.172 e. The standard InChI is InChI=1S/C12H11N3O/c13-15-14-11-8-5-1-3-7-4-2-6-9(10(7)8)12(11)16/h2,4,6,8,11H,1,3,5H2. The monoisotopic (exact) mass is 213 g/mol. The summed E-state index contributed by atoms with van der Waals surface area (Å²) in [5, 5.41) is 3.68. The van der Waals surface area contributed by atoms with E-state index in [0.717, 1.165) is 30.4 Å². The van der Waals surface area contributed by atoms with Crippen LogP contribution in [0.5, 0.6) is 0 Å². The minimum atomic E-state index is -0.499. The number of Topliss-reactive ketones (excluding diaryl/α,β-unsaturated/α-hetero) is 1. The van der Waals surface area contributed by atoms with Crippen LogP contribution in [-0.4, -0.2) is 11.8 Å². The van der Waals surface area contributed by atoms with Crippen molar-refractivity contribution in [3.8, 4) is 0 Å². The quantitative estimate of drug-likeness (QED) is 0.401. The van der Waals surface area contributed by atoms with Crippen molar-refractivity contribution in [3.63, 3.8) is 0 Å². The molecule has 4 heteroatoms. The van der Waals surface area contributed by atoms with E-state index in [4.69, 9.17) is 5.53 Å². The van der Waals surface area contributed by atoms with Crippen molar-refractivity contribution >= 4 is 5.78 Å². The molecule has 0 fully saturated rings. The van der Waals surface area contributed by atoms with E-state index in [2.05, 4.69) is 16.1 Å². The summed E-state index contributed by atoms with van der Waals surface area (Å²) < 4.78 is 0. The molecule has 0 radical (unpaired) electrons. The topological polar surface area (TPSA) is 65.8 Å². The van der Waals surface area contributed by atoms with Gasteiger partial charge in [0.25, 0.3) is 0 Å². The number of nitrogens with zero attached hydrogens (tertiary/aromatic N) is 3. The van der Waals surface area contributed by atoms with Gasteiger partial charge in [-0.2, -0.15) is 0 Å². The minimum Gasteiger partial charge on any atom is -0.294 e. The van der Waals surface area contributed by atoms with Crippen molar-refractivity contribution in [2.45, 2.75) is 31.2 Å². The Labute approximate surface area is 92.9 Å². The molecule has 0 saturated heterocycles. The molecule has 80 valence electrons. The third-order valence-electron chi connectivity index (χ3n) is 3.62. The van der Waals surface area contributed by atoms with Crippen LogP contribution >= 0.6 is 0 Å². The summed E-state index contributed by atoms with van der Waals surface area (Å²) >= 11 is 0. The Kier molecular flexibility index (Phi) is 1.98. The summed E-state index contributed by atoms with van der Waals surface area (Å²) in [6, 6.07) is 5.36. The summed E-state index contributed by atoms with van der Waals surface area (Å²) in [6.45, 7) is 0. The van der Waals surface area contributed by atoms with Gasteiger partial charge in [0.15, 0.2) is 5.78 Å². The largest absolute Gasteiger partial charge is 0.294 e. The van der Waals surface area contributed by atoms with Crippen LogP contribution in [0.1, 0.15) is 40.2 Å². The molecule has 16 heavy (non-hydrogen) atoms. The van der Waals surface area contributed by atoms with E-state index in [1.165, 1.54) is 5.56 Å². The Morgan fingerprint density at radius 3 is 3.12 bits per heavy atom. The van der Waals surface area contributed by atoms with Gasteiger partial charge in [-0.25, -0.2) is 0 Å². The van der Waals surface area contributed by atoms with E-state index in [1.807, 2.05) is 12.1 Å². The predicted molar refractivity (Wildman–Crippen MR) is 59.4 cm³/mol. The molecule has 0 aromatic heterocycles. The Hall–Kier alpha value is -1.80. The van der Waals surface area contributed by atoms with Gasteiger partial charge in [0.05, 0.1) is 0 Å². The first kappa shape index (κ1) is 9.43. The van der Waals surface area contributed by atoms with Crippen LogP contribution < -0.4 is 0 Å². The maximum atomic E-state index is 12.1. The van der Waals surface area contributed by atoms with E-state index in [1.54, 1.807) is 0 Å². The second-order valence-corrected chi connectivity index (χ2v) is 4.39. The first-order valence-electron chi connectivity index (χ1n) is 5.53. The molecule has 2 unspecified atom stereocenters. The SMILES string of the molecule is [N-]=[N+]=NC1C(=O)c2cccc3c2C1CCC3. The highest BCUT2D eigenvalue weighted by Crippen LogP contribution is 2.43. The third kappa shape index (κ3) is 1.11. The molecular formula is C12H11N3O. The second kappa shape index (κ2) is 3.35. The summed E-state index contributed by atoms with van der Waals surface area (Å²) in [5.41, 5.74) is 11.7. The molecule has 0 aliphatic heterocycles. The first-order chi connectivity index (χ1) is 7.83.